The standard InChI is InChI=1S/C16H22BrNO3/c1-16(2,3)21-15(19)18(4)10-11-8-9-20-14-12(11)6-5-7-13(14)17/h5-7,11H,8-10H2,1-4H3/t11-/m0/s1. The molecule has 1 atom stereocenters. The van der Waals surface area contributed by atoms with Crippen molar-refractivity contribution in [3.63, 3.8) is 0 Å². The van der Waals surface area contributed by atoms with Crippen molar-refractivity contribution < 1.29 is 14.3 Å². The molecule has 1 aliphatic rings. The van der Waals surface area contributed by atoms with E-state index < -0.39 is 5.60 Å². The average Bonchev–Trinajstić information content (AvgIpc) is 2.38. The van der Waals surface area contributed by atoms with E-state index in [9.17, 15) is 4.79 Å². The molecule has 0 unspecified atom stereocenters. The molecule has 0 bridgehead atoms. The van der Waals surface area contributed by atoms with Crippen molar-refractivity contribution in [2.75, 3.05) is 20.2 Å². The molecule has 4 nitrogen and oxygen atoms in total. The van der Waals surface area contributed by atoms with Gasteiger partial charge in [-0.15, -0.1) is 0 Å². The van der Waals surface area contributed by atoms with Crippen LogP contribution in [0.1, 0.15) is 38.7 Å². The lowest BCUT2D eigenvalue weighted by atomic mass is 9.93. The maximum atomic E-state index is 12.1. The van der Waals surface area contributed by atoms with Gasteiger partial charge < -0.3 is 14.4 Å². The van der Waals surface area contributed by atoms with Gasteiger partial charge in [-0.05, 0) is 49.2 Å². The maximum Gasteiger partial charge on any atom is 0.410 e. The molecule has 0 saturated heterocycles. The third-order valence-electron chi connectivity index (χ3n) is 3.35. The summed E-state index contributed by atoms with van der Waals surface area (Å²) in [6.07, 6.45) is 0.613. The second-order valence-electron chi connectivity index (χ2n) is 6.35. The summed E-state index contributed by atoms with van der Waals surface area (Å²) in [6, 6.07) is 6.03. The lowest BCUT2D eigenvalue weighted by molar-refractivity contribution is 0.0281. The minimum Gasteiger partial charge on any atom is -0.492 e. The molecule has 0 saturated carbocycles. The lowest BCUT2D eigenvalue weighted by Crippen LogP contribution is -2.37. The molecule has 5 heteroatoms. The van der Waals surface area contributed by atoms with Crippen LogP contribution in [0.15, 0.2) is 22.7 Å². The summed E-state index contributed by atoms with van der Waals surface area (Å²) in [4.78, 5) is 13.7. The van der Waals surface area contributed by atoms with E-state index in [0.29, 0.717) is 13.2 Å². The smallest absolute Gasteiger partial charge is 0.410 e. The van der Waals surface area contributed by atoms with Gasteiger partial charge in [-0.2, -0.15) is 0 Å². The second-order valence-corrected chi connectivity index (χ2v) is 7.21. The summed E-state index contributed by atoms with van der Waals surface area (Å²) in [5.74, 6) is 1.16. The van der Waals surface area contributed by atoms with Crippen molar-refractivity contribution in [3.05, 3.63) is 28.2 Å². The van der Waals surface area contributed by atoms with Crippen LogP contribution in [0.5, 0.6) is 5.75 Å². The van der Waals surface area contributed by atoms with Crippen LogP contribution in [0.25, 0.3) is 0 Å². The number of rotatable bonds is 2. The van der Waals surface area contributed by atoms with E-state index in [4.69, 9.17) is 9.47 Å². The van der Waals surface area contributed by atoms with Gasteiger partial charge in [-0.25, -0.2) is 4.79 Å². The Morgan fingerprint density at radius 2 is 2.19 bits per heavy atom. The molecule has 0 fully saturated rings. The molecule has 0 aromatic heterocycles. The first kappa shape index (κ1) is 16.1. The summed E-state index contributed by atoms with van der Waals surface area (Å²) in [5.41, 5.74) is 0.674. The maximum absolute atomic E-state index is 12.1. The Hall–Kier alpha value is -1.23. The topological polar surface area (TPSA) is 38.8 Å². The summed E-state index contributed by atoms with van der Waals surface area (Å²) in [6.45, 7) is 6.92. The molecule has 2 rings (SSSR count). The first-order chi connectivity index (χ1) is 9.78. The molecule has 116 valence electrons. The fourth-order valence-electron chi connectivity index (χ4n) is 2.39. The molecule has 1 aliphatic heterocycles. The first-order valence-corrected chi connectivity index (χ1v) is 7.92. The number of benzene rings is 1. The molecule has 0 N–H and O–H groups in total. The zero-order valence-electron chi connectivity index (χ0n) is 13.0. The normalized spacial score (nSPS) is 17.7. The van der Waals surface area contributed by atoms with E-state index in [-0.39, 0.29) is 12.0 Å². The molecular weight excluding hydrogens is 334 g/mol. The summed E-state index contributed by atoms with van der Waals surface area (Å²) < 4.78 is 12.1. The first-order valence-electron chi connectivity index (χ1n) is 7.13. The number of hydrogen-bond acceptors (Lipinski definition) is 3. The Morgan fingerprint density at radius 3 is 2.86 bits per heavy atom. The number of nitrogens with zero attached hydrogens (tertiary/aromatic N) is 1. The van der Waals surface area contributed by atoms with E-state index in [2.05, 4.69) is 22.0 Å². The number of fused-ring (bicyclic) bond motifs is 1. The van der Waals surface area contributed by atoms with Gasteiger partial charge in [0.2, 0.25) is 0 Å². The van der Waals surface area contributed by atoms with E-state index in [0.717, 1.165) is 22.2 Å². The third-order valence-corrected chi connectivity index (χ3v) is 3.97. The zero-order valence-corrected chi connectivity index (χ0v) is 14.6. The van der Waals surface area contributed by atoms with E-state index in [1.54, 1.807) is 11.9 Å². The Bertz CT molecular complexity index is 525. The van der Waals surface area contributed by atoms with Crippen molar-refractivity contribution in [1.82, 2.24) is 4.90 Å². The molecule has 1 aromatic rings. The molecular formula is C16H22BrNO3. The van der Waals surface area contributed by atoms with Gasteiger partial charge in [0, 0.05) is 25.1 Å². The van der Waals surface area contributed by atoms with Crippen LogP contribution in [-0.2, 0) is 4.74 Å². The van der Waals surface area contributed by atoms with Crippen LogP contribution in [0.2, 0.25) is 0 Å². The largest absolute Gasteiger partial charge is 0.492 e. The molecule has 1 amide bonds. The average molecular weight is 356 g/mol. The van der Waals surface area contributed by atoms with Crippen LogP contribution >= 0.6 is 15.9 Å². The van der Waals surface area contributed by atoms with Crippen LogP contribution in [0, 0.1) is 0 Å². The lowest BCUT2D eigenvalue weighted by Gasteiger charge is -2.31. The van der Waals surface area contributed by atoms with Crippen LogP contribution in [0.3, 0.4) is 0 Å². The van der Waals surface area contributed by atoms with Gasteiger partial charge in [-0.1, -0.05) is 12.1 Å². The molecule has 1 heterocycles. The zero-order chi connectivity index (χ0) is 15.6. The van der Waals surface area contributed by atoms with Crippen molar-refractivity contribution in [3.8, 4) is 5.75 Å². The third kappa shape index (κ3) is 4.13. The predicted octanol–water partition coefficient (Wildman–Crippen LogP) is 4.18. The second kappa shape index (κ2) is 6.26. The van der Waals surface area contributed by atoms with Gasteiger partial charge >= 0.3 is 6.09 Å². The fraction of sp³-hybridized carbons (Fsp3) is 0.562. The fourth-order valence-corrected chi connectivity index (χ4v) is 2.89. The highest BCUT2D eigenvalue weighted by molar-refractivity contribution is 9.10. The van der Waals surface area contributed by atoms with Crippen molar-refractivity contribution >= 4 is 22.0 Å². The highest BCUT2D eigenvalue weighted by Gasteiger charge is 2.27. The minimum atomic E-state index is -0.470. The SMILES string of the molecule is CN(C[C@@H]1CCOc2c(Br)cccc21)C(=O)OC(C)(C)C. The summed E-state index contributed by atoms with van der Waals surface area (Å²) in [7, 11) is 1.78. The number of carbonyl (C=O) groups is 1. The van der Waals surface area contributed by atoms with Crippen LogP contribution in [-0.4, -0.2) is 36.8 Å². The Balaban J connectivity index is 2.08. The van der Waals surface area contributed by atoms with Crippen molar-refractivity contribution in [2.24, 2.45) is 0 Å². The number of amides is 1. The predicted molar refractivity (Wildman–Crippen MR) is 85.9 cm³/mol. The Morgan fingerprint density at radius 1 is 1.48 bits per heavy atom. The molecule has 21 heavy (non-hydrogen) atoms. The van der Waals surface area contributed by atoms with Crippen LogP contribution in [0.4, 0.5) is 4.79 Å². The number of halogens is 1. The number of para-hydroxylation sites is 1. The van der Waals surface area contributed by atoms with Gasteiger partial charge in [-0.3, -0.25) is 0 Å². The number of ether oxygens (including phenoxy) is 2. The van der Waals surface area contributed by atoms with Crippen LogP contribution < -0.4 is 4.74 Å². The summed E-state index contributed by atoms with van der Waals surface area (Å²) >= 11 is 3.51. The highest BCUT2D eigenvalue weighted by atomic mass is 79.9. The van der Waals surface area contributed by atoms with Gasteiger partial charge in [0.1, 0.15) is 11.4 Å². The number of likely N-dealkylation sites (N-methyl/N-ethyl adjacent to an activating group) is 1. The number of carbonyl (C=O) groups excluding carboxylic acids is 1. The van der Waals surface area contributed by atoms with Gasteiger partial charge in [0.05, 0.1) is 11.1 Å². The Labute approximate surface area is 134 Å². The number of hydrogen-bond donors (Lipinski definition) is 0. The van der Waals surface area contributed by atoms with Crippen molar-refractivity contribution in [2.45, 2.75) is 38.7 Å². The molecule has 0 aliphatic carbocycles. The highest BCUT2D eigenvalue weighted by Crippen LogP contribution is 2.39. The van der Waals surface area contributed by atoms with E-state index >= 15 is 0 Å². The molecule has 0 spiro atoms. The van der Waals surface area contributed by atoms with Gasteiger partial charge in [0.15, 0.2) is 0 Å². The van der Waals surface area contributed by atoms with E-state index in [1.807, 2.05) is 32.9 Å². The summed E-state index contributed by atoms with van der Waals surface area (Å²) in [5, 5.41) is 0. The molecule has 0 radical (unpaired) electrons. The minimum absolute atomic E-state index is 0.267. The van der Waals surface area contributed by atoms with E-state index in [1.165, 1.54) is 0 Å². The van der Waals surface area contributed by atoms with Crippen molar-refractivity contribution in [1.29, 1.82) is 0 Å². The van der Waals surface area contributed by atoms with Gasteiger partial charge in [0.25, 0.3) is 0 Å². The monoisotopic (exact) mass is 355 g/mol. The Kier molecular flexibility index (Phi) is 4.81. The molecule has 1 aromatic carbocycles. The quantitative estimate of drug-likeness (QED) is 0.798.